The molecule has 70 valence electrons. The van der Waals surface area contributed by atoms with Gasteiger partial charge in [-0.25, -0.2) is 4.39 Å². The molecule has 1 aliphatic rings. The molecule has 0 aliphatic heterocycles. The number of hydrogen-bond donors (Lipinski definition) is 1. The highest BCUT2D eigenvalue weighted by atomic mass is 19.1. The van der Waals surface area contributed by atoms with Gasteiger partial charge in [-0.15, -0.1) is 0 Å². The third-order valence-corrected chi connectivity index (χ3v) is 2.68. The number of carbonyl (C=O) groups is 1. The maximum atomic E-state index is 13.5. The first-order valence-corrected chi connectivity index (χ1v) is 4.45. The maximum absolute atomic E-state index is 13.5. The lowest BCUT2D eigenvalue weighted by atomic mass is 10.1. The highest BCUT2D eigenvalue weighted by Crippen LogP contribution is 2.30. The highest BCUT2D eigenvalue weighted by molar-refractivity contribution is 6.10. The SMILES string of the molecule is O=C1CCc2c(F)cc3[nH]ncc3c21. The standard InChI is InChI=1S/C10H7FN2O/c11-7-3-8-6(4-12-13-8)10-5(7)1-2-9(10)14/h3-4H,1-2H2,(H,12,13). The van der Waals surface area contributed by atoms with Gasteiger partial charge in [0.1, 0.15) is 5.82 Å². The van der Waals surface area contributed by atoms with E-state index in [1.807, 2.05) is 0 Å². The number of H-pyrrole nitrogens is 1. The first kappa shape index (κ1) is 7.67. The lowest BCUT2D eigenvalue weighted by molar-refractivity contribution is 0.0996. The number of rotatable bonds is 0. The number of nitrogens with one attached hydrogen (secondary N) is 1. The van der Waals surface area contributed by atoms with Crippen molar-refractivity contribution in [2.45, 2.75) is 12.8 Å². The highest BCUT2D eigenvalue weighted by Gasteiger charge is 2.25. The Morgan fingerprint density at radius 3 is 3.14 bits per heavy atom. The average Bonchev–Trinajstić information content (AvgIpc) is 2.71. The van der Waals surface area contributed by atoms with Gasteiger partial charge in [0.2, 0.25) is 0 Å². The quantitative estimate of drug-likeness (QED) is 0.688. The fourth-order valence-electron chi connectivity index (χ4n) is 2.03. The summed E-state index contributed by atoms with van der Waals surface area (Å²) in [5.74, 6) is -0.284. The maximum Gasteiger partial charge on any atom is 0.164 e. The van der Waals surface area contributed by atoms with Crippen molar-refractivity contribution in [3.8, 4) is 0 Å². The van der Waals surface area contributed by atoms with Crippen LogP contribution in [0.15, 0.2) is 12.3 Å². The molecule has 0 unspecified atom stereocenters. The lowest BCUT2D eigenvalue weighted by Crippen LogP contribution is -1.94. The topological polar surface area (TPSA) is 45.8 Å². The van der Waals surface area contributed by atoms with E-state index in [2.05, 4.69) is 10.2 Å². The van der Waals surface area contributed by atoms with Crippen LogP contribution in [0.4, 0.5) is 4.39 Å². The molecule has 1 heterocycles. The van der Waals surface area contributed by atoms with Gasteiger partial charge in [0, 0.05) is 17.4 Å². The minimum atomic E-state index is -0.303. The van der Waals surface area contributed by atoms with Crippen molar-refractivity contribution in [3.63, 3.8) is 0 Å². The summed E-state index contributed by atoms with van der Waals surface area (Å²) in [6, 6.07) is 1.40. The van der Waals surface area contributed by atoms with Crippen LogP contribution in [0.1, 0.15) is 22.3 Å². The summed E-state index contributed by atoms with van der Waals surface area (Å²) in [5, 5.41) is 7.22. The number of carbonyl (C=O) groups excluding carboxylic acids is 1. The third-order valence-electron chi connectivity index (χ3n) is 2.68. The molecule has 0 amide bonds. The zero-order valence-corrected chi connectivity index (χ0v) is 7.30. The molecule has 1 N–H and O–H groups in total. The molecule has 3 rings (SSSR count). The number of halogens is 1. The van der Waals surface area contributed by atoms with E-state index in [0.717, 1.165) is 5.39 Å². The largest absolute Gasteiger partial charge is 0.294 e. The second kappa shape index (κ2) is 2.41. The number of nitrogens with zero attached hydrogens (tertiary/aromatic N) is 1. The molecule has 0 spiro atoms. The number of Topliss-reactive ketones (excluding diaryl/α,β-unsaturated/α-hetero) is 1. The van der Waals surface area contributed by atoms with E-state index >= 15 is 0 Å². The number of aromatic nitrogens is 2. The first-order chi connectivity index (χ1) is 6.77. The van der Waals surface area contributed by atoms with Gasteiger partial charge in [-0.1, -0.05) is 0 Å². The van der Waals surface area contributed by atoms with Gasteiger partial charge < -0.3 is 0 Å². The van der Waals surface area contributed by atoms with Crippen molar-refractivity contribution >= 4 is 16.7 Å². The molecular weight excluding hydrogens is 183 g/mol. The van der Waals surface area contributed by atoms with Gasteiger partial charge in [0.15, 0.2) is 5.78 Å². The van der Waals surface area contributed by atoms with Crippen LogP contribution in [-0.4, -0.2) is 16.0 Å². The fourth-order valence-corrected chi connectivity index (χ4v) is 2.03. The van der Waals surface area contributed by atoms with E-state index in [1.54, 1.807) is 6.20 Å². The molecule has 2 aromatic rings. The Hall–Kier alpha value is -1.71. The lowest BCUT2D eigenvalue weighted by Gasteiger charge is -2.00. The summed E-state index contributed by atoms with van der Waals surface area (Å²) < 4.78 is 13.5. The summed E-state index contributed by atoms with van der Waals surface area (Å²) in [4.78, 5) is 11.5. The van der Waals surface area contributed by atoms with Crippen LogP contribution in [-0.2, 0) is 6.42 Å². The van der Waals surface area contributed by atoms with Crippen molar-refractivity contribution in [3.05, 3.63) is 29.2 Å². The normalized spacial score (nSPS) is 15.1. The third kappa shape index (κ3) is 0.801. The molecule has 0 saturated heterocycles. The summed E-state index contributed by atoms with van der Waals surface area (Å²) >= 11 is 0. The van der Waals surface area contributed by atoms with E-state index < -0.39 is 0 Å². The van der Waals surface area contributed by atoms with Gasteiger partial charge in [0.25, 0.3) is 0 Å². The number of benzene rings is 1. The molecule has 1 aliphatic carbocycles. The number of aromatic amines is 1. The predicted octanol–water partition coefficient (Wildman–Crippen LogP) is 1.83. The van der Waals surface area contributed by atoms with Gasteiger partial charge in [-0.3, -0.25) is 9.89 Å². The van der Waals surface area contributed by atoms with E-state index in [1.165, 1.54) is 6.07 Å². The second-order valence-electron chi connectivity index (χ2n) is 3.47. The smallest absolute Gasteiger partial charge is 0.164 e. The fraction of sp³-hybridized carbons (Fsp3) is 0.200. The molecule has 1 aromatic carbocycles. The number of ketones is 1. The van der Waals surface area contributed by atoms with E-state index in [4.69, 9.17) is 0 Å². The predicted molar refractivity (Wildman–Crippen MR) is 48.7 cm³/mol. The minimum Gasteiger partial charge on any atom is -0.294 e. The van der Waals surface area contributed by atoms with E-state index in [0.29, 0.717) is 29.5 Å². The Morgan fingerprint density at radius 1 is 1.43 bits per heavy atom. The zero-order chi connectivity index (χ0) is 9.71. The van der Waals surface area contributed by atoms with Crippen LogP contribution in [0.2, 0.25) is 0 Å². The summed E-state index contributed by atoms with van der Waals surface area (Å²) in [5.41, 5.74) is 1.66. The van der Waals surface area contributed by atoms with Crippen LogP contribution in [0.25, 0.3) is 10.9 Å². The van der Waals surface area contributed by atoms with Gasteiger partial charge in [0.05, 0.1) is 11.7 Å². The van der Waals surface area contributed by atoms with Crippen molar-refractivity contribution in [2.24, 2.45) is 0 Å². The van der Waals surface area contributed by atoms with Crippen LogP contribution >= 0.6 is 0 Å². The summed E-state index contributed by atoms with van der Waals surface area (Å²) in [7, 11) is 0. The van der Waals surface area contributed by atoms with Crippen LogP contribution in [0.3, 0.4) is 0 Å². The molecule has 0 radical (unpaired) electrons. The van der Waals surface area contributed by atoms with E-state index in [9.17, 15) is 9.18 Å². The Labute approximate surface area is 78.9 Å². The monoisotopic (exact) mass is 190 g/mol. The van der Waals surface area contributed by atoms with Crippen LogP contribution in [0.5, 0.6) is 0 Å². The molecule has 0 atom stereocenters. The number of fused-ring (bicyclic) bond motifs is 3. The molecule has 0 fully saturated rings. The zero-order valence-electron chi connectivity index (χ0n) is 7.30. The molecule has 0 saturated carbocycles. The first-order valence-electron chi connectivity index (χ1n) is 4.45. The van der Waals surface area contributed by atoms with E-state index in [-0.39, 0.29) is 11.6 Å². The Kier molecular flexibility index (Phi) is 1.32. The summed E-state index contributed by atoms with van der Waals surface area (Å²) in [6.07, 6.45) is 2.51. The summed E-state index contributed by atoms with van der Waals surface area (Å²) in [6.45, 7) is 0. The van der Waals surface area contributed by atoms with Gasteiger partial charge >= 0.3 is 0 Å². The molecule has 4 heteroatoms. The number of hydrogen-bond acceptors (Lipinski definition) is 2. The van der Waals surface area contributed by atoms with Crippen LogP contribution in [0, 0.1) is 5.82 Å². The van der Waals surface area contributed by atoms with Crippen molar-refractivity contribution in [1.82, 2.24) is 10.2 Å². The molecule has 3 nitrogen and oxygen atoms in total. The Bertz CT molecular complexity index is 544. The minimum absolute atomic E-state index is 0.0194. The molecule has 14 heavy (non-hydrogen) atoms. The van der Waals surface area contributed by atoms with Crippen molar-refractivity contribution in [1.29, 1.82) is 0 Å². The molecule has 1 aromatic heterocycles. The van der Waals surface area contributed by atoms with Gasteiger partial charge in [-0.05, 0) is 18.1 Å². The second-order valence-corrected chi connectivity index (χ2v) is 3.47. The average molecular weight is 190 g/mol. The van der Waals surface area contributed by atoms with Gasteiger partial charge in [-0.2, -0.15) is 5.10 Å². The Morgan fingerprint density at radius 2 is 2.29 bits per heavy atom. The Balaban J connectivity index is 2.51. The van der Waals surface area contributed by atoms with Crippen molar-refractivity contribution < 1.29 is 9.18 Å². The molecule has 0 bridgehead atoms. The van der Waals surface area contributed by atoms with Crippen LogP contribution < -0.4 is 0 Å². The molecular formula is C10H7FN2O. The van der Waals surface area contributed by atoms with Crippen molar-refractivity contribution in [2.75, 3.05) is 0 Å².